The molecule has 1 heterocycles. The summed E-state index contributed by atoms with van der Waals surface area (Å²) in [5.41, 5.74) is 0.694. The van der Waals surface area contributed by atoms with E-state index in [2.05, 4.69) is 4.98 Å². The van der Waals surface area contributed by atoms with Crippen molar-refractivity contribution in [2.24, 2.45) is 0 Å². The Balaban J connectivity index is 1.78. The minimum absolute atomic E-state index is 0.00111. The van der Waals surface area contributed by atoms with Crippen LogP contribution in [0.2, 0.25) is 15.1 Å². The average Bonchev–Trinajstić information content (AvgIpc) is 3.09. The Bertz CT molecular complexity index is 863. The monoisotopic (exact) mass is 394 g/mol. The Hall–Kier alpha value is -2.14. The van der Waals surface area contributed by atoms with Crippen molar-refractivity contribution in [1.82, 2.24) is 9.55 Å². The molecule has 3 rings (SSSR count). The molecule has 0 unspecified atom stereocenters. The molecule has 3 aromatic rings. The largest absolute Gasteiger partial charge is 0.457 e. The first-order chi connectivity index (χ1) is 12.1. The second kappa shape index (κ2) is 8.30. The third kappa shape index (κ3) is 4.92. The van der Waals surface area contributed by atoms with Gasteiger partial charge in [0.1, 0.15) is 11.5 Å². The molecule has 25 heavy (non-hydrogen) atoms. The first kappa shape index (κ1) is 17.7. The lowest BCUT2D eigenvalue weighted by molar-refractivity contribution is 0.0960. The molecule has 0 saturated carbocycles. The van der Waals surface area contributed by atoms with Gasteiger partial charge in [-0.2, -0.15) is 0 Å². The summed E-state index contributed by atoms with van der Waals surface area (Å²) in [6.45, 7) is 0.00111. The number of hydrogen-bond acceptors (Lipinski definition) is 3. The average molecular weight is 396 g/mol. The molecule has 0 bridgehead atoms. The van der Waals surface area contributed by atoms with Crippen LogP contribution >= 0.6 is 34.8 Å². The standard InChI is InChI=1S/C18H13Cl3N2O2/c19-13-1-4-15(5-2-13)24-12-25-18(10-23-8-7-22-11-23)16-6-3-14(20)9-17(16)21/h1-11H,12H2/b18-10-. The number of halogens is 3. The summed E-state index contributed by atoms with van der Waals surface area (Å²) in [7, 11) is 0. The molecule has 7 heteroatoms. The van der Waals surface area contributed by atoms with Gasteiger partial charge in [0.2, 0.25) is 6.79 Å². The maximum atomic E-state index is 6.29. The van der Waals surface area contributed by atoms with Crippen molar-refractivity contribution in [1.29, 1.82) is 0 Å². The Labute approximate surface area is 160 Å². The molecule has 0 atom stereocenters. The third-order valence-electron chi connectivity index (χ3n) is 3.24. The number of hydrogen-bond donors (Lipinski definition) is 0. The van der Waals surface area contributed by atoms with Crippen molar-refractivity contribution in [2.75, 3.05) is 6.79 Å². The summed E-state index contributed by atoms with van der Waals surface area (Å²) in [6.07, 6.45) is 6.86. The molecule has 0 fully saturated rings. The van der Waals surface area contributed by atoms with Crippen molar-refractivity contribution < 1.29 is 9.47 Å². The molecule has 0 aliphatic rings. The Morgan fingerprint density at radius 2 is 1.80 bits per heavy atom. The molecule has 0 aliphatic heterocycles. The minimum atomic E-state index is 0.00111. The van der Waals surface area contributed by atoms with Crippen molar-refractivity contribution >= 4 is 46.8 Å². The fourth-order valence-electron chi connectivity index (χ4n) is 2.05. The van der Waals surface area contributed by atoms with Gasteiger partial charge < -0.3 is 14.0 Å². The molecule has 4 nitrogen and oxygen atoms in total. The van der Waals surface area contributed by atoms with Gasteiger partial charge in [0.05, 0.1) is 17.5 Å². The molecule has 0 N–H and O–H groups in total. The first-order valence-electron chi connectivity index (χ1n) is 7.27. The maximum absolute atomic E-state index is 6.29. The van der Waals surface area contributed by atoms with Crippen molar-refractivity contribution in [3.8, 4) is 5.75 Å². The Morgan fingerprint density at radius 1 is 1.04 bits per heavy atom. The number of imidazole rings is 1. The lowest BCUT2D eigenvalue weighted by Crippen LogP contribution is -2.04. The lowest BCUT2D eigenvalue weighted by Gasteiger charge is -2.13. The van der Waals surface area contributed by atoms with E-state index in [1.54, 1.807) is 72.0 Å². The number of rotatable bonds is 6. The van der Waals surface area contributed by atoms with Crippen molar-refractivity contribution in [3.05, 3.63) is 81.8 Å². The second-order valence-corrected chi connectivity index (χ2v) is 6.27. The maximum Gasteiger partial charge on any atom is 0.230 e. The summed E-state index contributed by atoms with van der Waals surface area (Å²) in [4.78, 5) is 4.01. The summed E-state index contributed by atoms with van der Waals surface area (Å²) in [5.74, 6) is 1.17. The summed E-state index contributed by atoms with van der Waals surface area (Å²) in [5, 5.41) is 1.67. The number of aromatic nitrogens is 2. The smallest absolute Gasteiger partial charge is 0.230 e. The van der Waals surface area contributed by atoms with E-state index in [9.17, 15) is 0 Å². The van der Waals surface area contributed by atoms with E-state index in [1.165, 1.54) is 0 Å². The van der Waals surface area contributed by atoms with Gasteiger partial charge in [-0.05, 0) is 42.5 Å². The highest BCUT2D eigenvalue weighted by atomic mass is 35.5. The quantitative estimate of drug-likeness (QED) is 0.388. The molecule has 128 valence electrons. The normalized spacial score (nSPS) is 11.4. The molecule has 0 spiro atoms. The first-order valence-corrected chi connectivity index (χ1v) is 8.41. The predicted molar refractivity (Wildman–Crippen MR) is 101 cm³/mol. The third-order valence-corrected chi connectivity index (χ3v) is 4.04. The van der Waals surface area contributed by atoms with Crippen LogP contribution in [0.25, 0.3) is 12.0 Å². The number of ether oxygens (including phenoxy) is 2. The zero-order valence-electron chi connectivity index (χ0n) is 12.9. The summed E-state index contributed by atoms with van der Waals surface area (Å²) in [6, 6.07) is 12.2. The van der Waals surface area contributed by atoms with Gasteiger partial charge >= 0.3 is 0 Å². The predicted octanol–water partition coefficient (Wildman–Crippen LogP) is 5.85. The topological polar surface area (TPSA) is 36.3 Å². The van der Waals surface area contributed by atoms with E-state index in [-0.39, 0.29) is 6.79 Å². The fraction of sp³-hybridized carbons (Fsp3) is 0.0556. The molecule has 0 amide bonds. The molecule has 2 aromatic carbocycles. The van der Waals surface area contributed by atoms with Crippen molar-refractivity contribution in [2.45, 2.75) is 0 Å². The van der Waals surface area contributed by atoms with Gasteiger partial charge in [-0.1, -0.05) is 34.8 Å². The van der Waals surface area contributed by atoms with E-state index >= 15 is 0 Å². The van der Waals surface area contributed by atoms with Gasteiger partial charge in [0, 0.05) is 28.0 Å². The van der Waals surface area contributed by atoms with Crippen LogP contribution in [0.5, 0.6) is 5.75 Å². The Morgan fingerprint density at radius 3 is 2.48 bits per heavy atom. The van der Waals surface area contributed by atoms with Crippen LogP contribution in [-0.4, -0.2) is 16.3 Å². The molecular weight excluding hydrogens is 383 g/mol. The number of nitrogens with zero attached hydrogens (tertiary/aromatic N) is 2. The summed E-state index contributed by atoms with van der Waals surface area (Å²) >= 11 is 18.1. The van der Waals surface area contributed by atoms with E-state index < -0.39 is 0 Å². The zero-order chi connectivity index (χ0) is 17.6. The second-order valence-electron chi connectivity index (χ2n) is 4.99. The Kier molecular flexibility index (Phi) is 5.87. The molecule has 0 saturated heterocycles. The highest BCUT2D eigenvalue weighted by Crippen LogP contribution is 2.28. The lowest BCUT2D eigenvalue weighted by atomic mass is 10.2. The summed E-state index contributed by atoms with van der Waals surface area (Å²) < 4.78 is 13.1. The SMILES string of the molecule is Clc1ccc(OCO/C(=C\n2ccnc2)c2ccc(Cl)cc2Cl)cc1. The molecule has 0 radical (unpaired) electrons. The van der Waals surface area contributed by atoms with Gasteiger partial charge in [0.15, 0.2) is 0 Å². The van der Waals surface area contributed by atoms with Gasteiger partial charge in [0.25, 0.3) is 0 Å². The highest BCUT2D eigenvalue weighted by Gasteiger charge is 2.10. The van der Waals surface area contributed by atoms with Crippen LogP contribution in [0.3, 0.4) is 0 Å². The highest BCUT2D eigenvalue weighted by molar-refractivity contribution is 6.35. The molecule has 0 aliphatic carbocycles. The van der Waals surface area contributed by atoms with E-state index in [0.29, 0.717) is 32.1 Å². The molecular formula is C18H13Cl3N2O2. The van der Waals surface area contributed by atoms with Crippen LogP contribution in [0.15, 0.2) is 61.2 Å². The van der Waals surface area contributed by atoms with Crippen LogP contribution in [0, 0.1) is 0 Å². The van der Waals surface area contributed by atoms with Crippen LogP contribution in [-0.2, 0) is 4.74 Å². The van der Waals surface area contributed by atoms with Crippen LogP contribution in [0.1, 0.15) is 5.56 Å². The van der Waals surface area contributed by atoms with Gasteiger partial charge in [-0.15, -0.1) is 0 Å². The van der Waals surface area contributed by atoms with Crippen LogP contribution < -0.4 is 4.74 Å². The van der Waals surface area contributed by atoms with Gasteiger partial charge in [-0.3, -0.25) is 0 Å². The van der Waals surface area contributed by atoms with E-state index in [4.69, 9.17) is 44.3 Å². The van der Waals surface area contributed by atoms with Gasteiger partial charge in [-0.25, -0.2) is 4.98 Å². The number of benzene rings is 2. The van der Waals surface area contributed by atoms with E-state index in [0.717, 1.165) is 0 Å². The minimum Gasteiger partial charge on any atom is -0.457 e. The fourth-order valence-corrected chi connectivity index (χ4v) is 2.67. The molecule has 1 aromatic heterocycles. The van der Waals surface area contributed by atoms with Crippen molar-refractivity contribution in [3.63, 3.8) is 0 Å². The van der Waals surface area contributed by atoms with E-state index in [1.807, 2.05) is 0 Å². The van der Waals surface area contributed by atoms with Crippen LogP contribution in [0.4, 0.5) is 0 Å². The zero-order valence-corrected chi connectivity index (χ0v) is 15.2.